The molecule has 8 heteroatoms. The van der Waals surface area contributed by atoms with E-state index in [1.54, 1.807) is 66.5 Å². The summed E-state index contributed by atoms with van der Waals surface area (Å²) in [6.07, 6.45) is 0. The molecule has 0 unspecified atom stereocenters. The Morgan fingerprint density at radius 1 is 1.12 bits per heavy atom. The normalized spacial score (nSPS) is 11.3. The van der Waals surface area contributed by atoms with Crippen LogP contribution in [-0.4, -0.2) is 45.1 Å². The van der Waals surface area contributed by atoms with Crippen LogP contribution in [0.4, 0.5) is 5.69 Å². The lowest BCUT2D eigenvalue weighted by Crippen LogP contribution is -2.34. The van der Waals surface area contributed by atoms with Gasteiger partial charge in [0, 0.05) is 17.3 Å². The van der Waals surface area contributed by atoms with Gasteiger partial charge < -0.3 is 9.50 Å². The van der Waals surface area contributed by atoms with Crippen LogP contribution >= 0.6 is 11.6 Å². The zero-order chi connectivity index (χ0) is 18.3. The maximum atomic E-state index is 12.0. The topological polar surface area (TPSA) is 75.7 Å². The molecule has 2 aromatic carbocycles. The first-order chi connectivity index (χ1) is 11.8. The molecule has 6 nitrogen and oxygen atoms in total. The number of halogens is 1. The minimum Gasteiger partial charge on any atom is -0.382 e. The van der Waals surface area contributed by atoms with Crippen molar-refractivity contribution in [3.05, 3.63) is 59.6 Å². The lowest BCUT2D eigenvalue weighted by Gasteiger charge is -2.16. The van der Waals surface area contributed by atoms with Crippen LogP contribution in [0.1, 0.15) is 0 Å². The Labute approximate surface area is 152 Å². The zero-order valence-corrected chi connectivity index (χ0v) is 15.3. The van der Waals surface area contributed by atoms with Gasteiger partial charge in [-0.1, -0.05) is 29.8 Å². The summed E-state index contributed by atoms with van der Waals surface area (Å²) in [5.41, 5.74) is 0.628. The van der Waals surface area contributed by atoms with Gasteiger partial charge in [0.2, 0.25) is 5.91 Å². The number of para-hydroxylation sites is 1. The third-order valence-electron chi connectivity index (χ3n) is 3.23. The number of amides is 1. The van der Waals surface area contributed by atoms with Crippen LogP contribution in [0.25, 0.3) is 0 Å². The first-order valence-corrected chi connectivity index (χ1v) is 9.51. The summed E-state index contributed by atoms with van der Waals surface area (Å²) >= 11 is 5.78. The maximum absolute atomic E-state index is 12.0. The van der Waals surface area contributed by atoms with Gasteiger partial charge in [-0.25, -0.2) is 0 Å². The Hall–Kier alpha value is -2.09. The number of carbonyl (C=O) groups excluding carboxylic acids is 1. The van der Waals surface area contributed by atoms with E-state index in [0.717, 1.165) is 0 Å². The highest BCUT2D eigenvalue weighted by Crippen LogP contribution is 2.13. The molecular formula is C17H19ClN2O4S. The van der Waals surface area contributed by atoms with Crippen molar-refractivity contribution < 1.29 is 17.4 Å². The highest BCUT2D eigenvalue weighted by atomic mass is 35.5. The van der Waals surface area contributed by atoms with E-state index < -0.39 is 10.1 Å². The van der Waals surface area contributed by atoms with Crippen LogP contribution in [0.5, 0.6) is 5.75 Å². The highest BCUT2D eigenvalue weighted by molar-refractivity contribution is 7.87. The third kappa shape index (κ3) is 7.13. The second-order valence-corrected chi connectivity index (χ2v) is 7.58. The van der Waals surface area contributed by atoms with Crippen molar-refractivity contribution in [2.45, 2.75) is 0 Å². The predicted molar refractivity (Wildman–Crippen MR) is 98.4 cm³/mol. The van der Waals surface area contributed by atoms with Crippen LogP contribution in [0.3, 0.4) is 0 Å². The average Bonchev–Trinajstić information content (AvgIpc) is 2.56. The van der Waals surface area contributed by atoms with E-state index in [0.29, 0.717) is 10.7 Å². The predicted octanol–water partition coefficient (Wildman–Crippen LogP) is 2.62. The van der Waals surface area contributed by atoms with Gasteiger partial charge in [-0.15, -0.1) is 0 Å². The molecule has 25 heavy (non-hydrogen) atoms. The lowest BCUT2D eigenvalue weighted by molar-refractivity contribution is -0.117. The molecule has 0 bridgehead atoms. The van der Waals surface area contributed by atoms with Crippen molar-refractivity contribution in [1.29, 1.82) is 0 Å². The van der Waals surface area contributed by atoms with Crippen molar-refractivity contribution in [2.75, 3.05) is 31.2 Å². The number of carbonyl (C=O) groups is 1. The summed E-state index contributed by atoms with van der Waals surface area (Å²) in [7, 11) is -2.05. The van der Waals surface area contributed by atoms with E-state index in [9.17, 15) is 13.2 Å². The molecular weight excluding hydrogens is 364 g/mol. The first kappa shape index (κ1) is 19.2. The van der Waals surface area contributed by atoms with Crippen LogP contribution in [0.15, 0.2) is 54.6 Å². The number of benzene rings is 2. The van der Waals surface area contributed by atoms with Gasteiger partial charge in [-0.3, -0.25) is 9.69 Å². The summed E-state index contributed by atoms with van der Waals surface area (Å²) in [6.45, 7) is 0.229. The van der Waals surface area contributed by atoms with Crippen molar-refractivity contribution >= 4 is 33.3 Å². The molecule has 0 aliphatic rings. The van der Waals surface area contributed by atoms with Crippen LogP contribution in [0.2, 0.25) is 5.02 Å². The summed E-state index contributed by atoms with van der Waals surface area (Å²) in [4.78, 5) is 13.6. The molecule has 0 aromatic heterocycles. The fraction of sp³-hybridized carbons (Fsp3) is 0.235. The number of nitrogens with one attached hydrogen (secondary N) is 1. The van der Waals surface area contributed by atoms with Crippen molar-refractivity contribution in [3.63, 3.8) is 0 Å². The molecule has 2 rings (SSSR count). The largest absolute Gasteiger partial charge is 0.382 e. The second-order valence-electron chi connectivity index (χ2n) is 5.45. The van der Waals surface area contributed by atoms with Gasteiger partial charge in [0.1, 0.15) is 5.75 Å². The molecule has 2 aromatic rings. The molecule has 0 saturated carbocycles. The van der Waals surface area contributed by atoms with E-state index in [1.807, 2.05) is 0 Å². The maximum Gasteiger partial charge on any atom is 0.310 e. The Kier molecular flexibility index (Phi) is 6.81. The lowest BCUT2D eigenvalue weighted by atomic mass is 10.3. The minimum absolute atomic E-state index is 0.0590. The molecule has 134 valence electrons. The number of nitrogens with zero attached hydrogens (tertiary/aromatic N) is 1. The van der Waals surface area contributed by atoms with Crippen LogP contribution < -0.4 is 9.50 Å². The number of hydrogen-bond acceptors (Lipinski definition) is 5. The molecule has 1 N–H and O–H groups in total. The summed E-state index contributed by atoms with van der Waals surface area (Å²) in [5, 5.41) is 3.30. The molecule has 0 fully saturated rings. The molecule has 0 heterocycles. The highest BCUT2D eigenvalue weighted by Gasteiger charge is 2.15. The summed E-state index contributed by atoms with van der Waals surface area (Å²) in [5.74, 6) is -0.191. The Bertz CT molecular complexity index is 795. The average molecular weight is 383 g/mol. The molecule has 0 aliphatic carbocycles. The van der Waals surface area contributed by atoms with Gasteiger partial charge in [0.15, 0.2) is 0 Å². The molecule has 0 saturated heterocycles. The fourth-order valence-electron chi connectivity index (χ4n) is 1.99. The Morgan fingerprint density at radius 2 is 1.76 bits per heavy atom. The van der Waals surface area contributed by atoms with Crippen LogP contribution in [0, 0.1) is 0 Å². The number of rotatable bonds is 8. The van der Waals surface area contributed by atoms with E-state index in [-0.39, 0.29) is 30.5 Å². The zero-order valence-electron chi connectivity index (χ0n) is 13.7. The van der Waals surface area contributed by atoms with E-state index in [4.69, 9.17) is 15.8 Å². The molecule has 0 atom stereocenters. The molecule has 0 aliphatic heterocycles. The monoisotopic (exact) mass is 382 g/mol. The van der Waals surface area contributed by atoms with E-state index in [2.05, 4.69) is 5.32 Å². The van der Waals surface area contributed by atoms with Gasteiger partial charge in [-0.2, -0.15) is 8.42 Å². The standard InChI is InChI=1S/C17H19ClN2O4S/c1-20(13-17(21)19-15-9-7-14(18)8-10-15)11-12-25(22,23)24-16-5-3-2-4-6-16/h2-10H,11-13H2,1H3,(H,19,21). The Morgan fingerprint density at radius 3 is 2.40 bits per heavy atom. The quantitative estimate of drug-likeness (QED) is 0.710. The Balaban J connectivity index is 1.78. The minimum atomic E-state index is -3.72. The SMILES string of the molecule is CN(CCS(=O)(=O)Oc1ccccc1)CC(=O)Nc1ccc(Cl)cc1. The van der Waals surface area contributed by atoms with Gasteiger partial charge in [0.25, 0.3) is 0 Å². The van der Waals surface area contributed by atoms with Crippen molar-refractivity contribution in [3.8, 4) is 5.75 Å². The van der Waals surface area contributed by atoms with E-state index in [1.165, 1.54) is 0 Å². The fourth-order valence-corrected chi connectivity index (χ4v) is 3.14. The summed E-state index contributed by atoms with van der Waals surface area (Å²) < 4.78 is 28.9. The second kappa shape index (κ2) is 8.84. The third-order valence-corrected chi connectivity index (χ3v) is 4.61. The van der Waals surface area contributed by atoms with Gasteiger partial charge in [-0.05, 0) is 43.4 Å². The first-order valence-electron chi connectivity index (χ1n) is 7.55. The van der Waals surface area contributed by atoms with Crippen molar-refractivity contribution in [2.24, 2.45) is 0 Å². The van der Waals surface area contributed by atoms with E-state index >= 15 is 0 Å². The molecule has 1 amide bonds. The van der Waals surface area contributed by atoms with Crippen molar-refractivity contribution in [1.82, 2.24) is 4.90 Å². The molecule has 0 radical (unpaired) electrons. The van der Waals surface area contributed by atoms with Gasteiger partial charge >= 0.3 is 10.1 Å². The molecule has 0 spiro atoms. The smallest absolute Gasteiger partial charge is 0.310 e. The van der Waals surface area contributed by atoms with Crippen LogP contribution in [-0.2, 0) is 14.9 Å². The summed E-state index contributed by atoms with van der Waals surface area (Å²) in [6, 6.07) is 15.0. The number of hydrogen-bond donors (Lipinski definition) is 1. The van der Waals surface area contributed by atoms with Gasteiger partial charge in [0.05, 0.1) is 12.3 Å². The number of anilines is 1. The number of likely N-dealkylation sites (N-methyl/N-ethyl adjacent to an activating group) is 1.